The number of phenols is 1. The molecule has 1 aliphatic heterocycles. The number of carbonyl (C=O) groups excluding carboxylic acids is 1. The number of methoxy groups -OCH3 is 1. The predicted molar refractivity (Wildman–Crippen MR) is 125 cm³/mol. The first-order chi connectivity index (χ1) is 15.7. The Morgan fingerprint density at radius 1 is 1.12 bits per heavy atom. The van der Waals surface area contributed by atoms with Crippen molar-refractivity contribution in [3.63, 3.8) is 0 Å². The van der Waals surface area contributed by atoms with E-state index in [2.05, 4.69) is 0 Å². The number of nitrogens with zero attached hydrogens (tertiary/aromatic N) is 1. The molecule has 0 radical (unpaired) electrons. The first-order valence-electron chi connectivity index (χ1n) is 11.1. The summed E-state index contributed by atoms with van der Waals surface area (Å²) in [6, 6.07) is 7.83. The molecule has 0 saturated heterocycles. The monoisotopic (exact) mass is 451 g/mol. The highest BCUT2D eigenvalue weighted by Gasteiger charge is 2.42. The topological polar surface area (TPSA) is 89.2 Å². The normalized spacial score (nSPS) is 15.5. The second-order valence-corrected chi connectivity index (χ2v) is 8.71. The number of ether oxygens (including phenoxy) is 2. The molecule has 0 aliphatic carbocycles. The van der Waals surface area contributed by atoms with Crippen molar-refractivity contribution in [3.05, 3.63) is 68.6 Å². The fourth-order valence-electron chi connectivity index (χ4n) is 4.27. The third-order valence-corrected chi connectivity index (χ3v) is 6.10. The van der Waals surface area contributed by atoms with Crippen molar-refractivity contribution in [2.45, 2.75) is 46.3 Å². The number of amides is 1. The van der Waals surface area contributed by atoms with Crippen LogP contribution in [0, 0.1) is 13.8 Å². The molecule has 0 saturated carbocycles. The van der Waals surface area contributed by atoms with E-state index >= 15 is 0 Å². The van der Waals surface area contributed by atoms with Gasteiger partial charge in [-0.15, -0.1) is 0 Å². The molecule has 33 heavy (non-hydrogen) atoms. The summed E-state index contributed by atoms with van der Waals surface area (Å²) in [5, 5.41) is 10.5. The summed E-state index contributed by atoms with van der Waals surface area (Å²) in [5.74, 6) is -0.00569. The molecule has 1 aliphatic rings. The number of aromatic hydroxyl groups is 1. The van der Waals surface area contributed by atoms with Crippen LogP contribution in [0.25, 0.3) is 11.0 Å². The summed E-state index contributed by atoms with van der Waals surface area (Å²) in [6.45, 7) is 8.68. The van der Waals surface area contributed by atoms with Gasteiger partial charge in [0, 0.05) is 13.2 Å². The van der Waals surface area contributed by atoms with E-state index in [0.717, 1.165) is 11.1 Å². The highest BCUT2D eigenvalue weighted by molar-refractivity contribution is 5.99. The standard InChI is InChI=1S/C26H29NO6/c1-14(2)32-10-6-9-27-23(17-7-8-19(28)21(13-17)31-5)22-24(29)18-11-15(3)16(4)12-20(18)33-25(22)26(27)30/h7-8,11-14,23,28H,6,9-10H2,1-5H3. The van der Waals surface area contributed by atoms with Gasteiger partial charge in [0.25, 0.3) is 5.91 Å². The largest absolute Gasteiger partial charge is 0.504 e. The van der Waals surface area contributed by atoms with Crippen LogP contribution in [0.1, 0.15) is 59.1 Å². The van der Waals surface area contributed by atoms with Crippen molar-refractivity contribution in [1.29, 1.82) is 0 Å². The molecule has 0 fully saturated rings. The lowest BCUT2D eigenvalue weighted by atomic mass is 9.97. The maximum atomic E-state index is 13.7. The molecule has 2 heterocycles. The van der Waals surface area contributed by atoms with E-state index in [0.29, 0.717) is 41.7 Å². The Morgan fingerprint density at radius 2 is 1.85 bits per heavy atom. The molecular formula is C26H29NO6. The van der Waals surface area contributed by atoms with E-state index in [-0.39, 0.29) is 34.7 Å². The van der Waals surface area contributed by atoms with Gasteiger partial charge in [0.1, 0.15) is 5.58 Å². The minimum Gasteiger partial charge on any atom is -0.504 e. The fraction of sp³-hybridized carbons (Fsp3) is 0.385. The lowest BCUT2D eigenvalue weighted by Gasteiger charge is -2.25. The van der Waals surface area contributed by atoms with E-state index in [9.17, 15) is 14.7 Å². The molecule has 1 aromatic heterocycles. The van der Waals surface area contributed by atoms with Crippen LogP contribution in [-0.4, -0.2) is 42.3 Å². The molecule has 2 aromatic carbocycles. The molecule has 1 atom stereocenters. The summed E-state index contributed by atoms with van der Waals surface area (Å²) in [7, 11) is 1.46. The second-order valence-electron chi connectivity index (χ2n) is 8.71. The Kier molecular flexibility index (Phi) is 6.17. The first kappa shape index (κ1) is 22.9. The van der Waals surface area contributed by atoms with Gasteiger partial charge in [-0.25, -0.2) is 0 Å². The summed E-state index contributed by atoms with van der Waals surface area (Å²) in [6.07, 6.45) is 0.698. The lowest BCUT2D eigenvalue weighted by molar-refractivity contribution is 0.0593. The molecule has 0 spiro atoms. The Bertz CT molecular complexity index is 1280. The minimum absolute atomic E-state index is 0.0145. The Balaban J connectivity index is 1.86. The van der Waals surface area contributed by atoms with Crippen LogP contribution in [-0.2, 0) is 4.74 Å². The van der Waals surface area contributed by atoms with Crippen molar-refractivity contribution >= 4 is 16.9 Å². The molecule has 0 bridgehead atoms. The predicted octanol–water partition coefficient (Wildman–Crippen LogP) is 4.48. The highest BCUT2D eigenvalue weighted by atomic mass is 16.5. The minimum atomic E-state index is -0.650. The number of phenolic OH excluding ortho intramolecular Hbond substituents is 1. The molecule has 4 rings (SSSR count). The number of benzene rings is 2. The van der Waals surface area contributed by atoms with E-state index < -0.39 is 6.04 Å². The summed E-state index contributed by atoms with van der Waals surface area (Å²) >= 11 is 0. The van der Waals surface area contributed by atoms with E-state index in [4.69, 9.17) is 13.9 Å². The zero-order chi connectivity index (χ0) is 23.9. The molecule has 174 valence electrons. The SMILES string of the molecule is COc1cc(C2c3c(oc4cc(C)c(C)cc4c3=O)C(=O)N2CCCOC(C)C)ccc1O. The third kappa shape index (κ3) is 4.09. The van der Waals surface area contributed by atoms with Crippen LogP contribution < -0.4 is 10.2 Å². The molecular weight excluding hydrogens is 422 g/mol. The van der Waals surface area contributed by atoms with Gasteiger partial charge in [0.15, 0.2) is 16.9 Å². The summed E-state index contributed by atoms with van der Waals surface area (Å²) in [5.41, 5.74) is 3.12. The van der Waals surface area contributed by atoms with Crippen molar-refractivity contribution < 1.29 is 23.8 Å². The van der Waals surface area contributed by atoms with Crippen molar-refractivity contribution in [3.8, 4) is 11.5 Å². The van der Waals surface area contributed by atoms with Crippen LogP contribution >= 0.6 is 0 Å². The van der Waals surface area contributed by atoms with Gasteiger partial charge < -0.3 is 23.9 Å². The number of fused-ring (bicyclic) bond motifs is 2. The zero-order valence-corrected chi connectivity index (χ0v) is 19.6. The van der Waals surface area contributed by atoms with Gasteiger partial charge >= 0.3 is 0 Å². The van der Waals surface area contributed by atoms with Crippen LogP contribution in [0.3, 0.4) is 0 Å². The van der Waals surface area contributed by atoms with Gasteiger partial charge in [-0.3, -0.25) is 9.59 Å². The number of hydrogen-bond donors (Lipinski definition) is 1. The van der Waals surface area contributed by atoms with Gasteiger partial charge in [-0.2, -0.15) is 0 Å². The van der Waals surface area contributed by atoms with Crippen molar-refractivity contribution in [2.75, 3.05) is 20.3 Å². The molecule has 1 unspecified atom stereocenters. The molecule has 7 heteroatoms. The zero-order valence-electron chi connectivity index (χ0n) is 19.6. The molecule has 3 aromatic rings. The van der Waals surface area contributed by atoms with Crippen LogP contribution in [0.5, 0.6) is 11.5 Å². The molecule has 1 amide bonds. The Labute approximate surface area is 192 Å². The molecule has 1 N–H and O–H groups in total. The van der Waals surface area contributed by atoms with E-state index in [1.54, 1.807) is 23.1 Å². The van der Waals surface area contributed by atoms with E-state index in [1.807, 2.05) is 33.8 Å². The smallest absolute Gasteiger partial charge is 0.290 e. The van der Waals surface area contributed by atoms with Gasteiger partial charge in [-0.1, -0.05) is 6.07 Å². The third-order valence-electron chi connectivity index (χ3n) is 6.10. The van der Waals surface area contributed by atoms with Crippen LogP contribution in [0.4, 0.5) is 0 Å². The number of hydrogen-bond acceptors (Lipinski definition) is 6. The Hall–Kier alpha value is -3.32. The van der Waals surface area contributed by atoms with Crippen LogP contribution in [0.15, 0.2) is 39.5 Å². The van der Waals surface area contributed by atoms with E-state index in [1.165, 1.54) is 13.2 Å². The van der Waals surface area contributed by atoms with Crippen molar-refractivity contribution in [1.82, 2.24) is 4.90 Å². The highest BCUT2D eigenvalue weighted by Crippen LogP contribution is 2.40. The number of carbonyl (C=O) groups is 1. The fourth-order valence-corrected chi connectivity index (χ4v) is 4.27. The number of rotatable bonds is 7. The first-order valence-corrected chi connectivity index (χ1v) is 11.1. The van der Waals surface area contributed by atoms with Gasteiger partial charge in [-0.05, 0) is 75.1 Å². The average molecular weight is 452 g/mol. The summed E-state index contributed by atoms with van der Waals surface area (Å²) in [4.78, 5) is 28.7. The maximum absolute atomic E-state index is 13.7. The second kappa shape index (κ2) is 8.90. The van der Waals surface area contributed by atoms with Crippen LogP contribution in [0.2, 0.25) is 0 Å². The number of aryl methyl sites for hydroxylation is 2. The summed E-state index contributed by atoms with van der Waals surface area (Å²) < 4.78 is 17.0. The maximum Gasteiger partial charge on any atom is 0.290 e. The van der Waals surface area contributed by atoms with Gasteiger partial charge in [0.2, 0.25) is 5.76 Å². The van der Waals surface area contributed by atoms with Crippen molar-refractivity contribution in [2.24, 2.45) is 0 Å². The Morgan fingerprint density at radius 3 is 2.55 bits per heavy atom. The molecule has 7 nitrogen and oxygen atoms in total. The lowest BCUT2D eigenvalue weighted by Crippen LogP contribution is -2.31. The average Bonchev–Trinajstić information content (AvgIpc) is 3.05. The quantitative estimate of drug-likeness (QED) is 0.533. The van der Waals surface area contributed by atoms with Gasteiger partial charge in [0.05, 0.1) is 30.2 Å².